The van der Waals surface area contributed by atoms with E-state index in [2.05, 4.69) is 4.99 Å². The average Bonchev–Trinajstić information content (AvgIpc) is 2.50. The Bertz CT molecular complexity index is 544. The summed E-state index contributed by atoms with van der Waals surface area (Å²) < 4.78 is 19.7. The zero-order chi connectivity index (χ0) is 14.8. The maximum absolute atomic E-state index is 14.4. The third-order valence-electron chi connectivity index (χ3n) is 3.91. The Morgan fingerprint density at radius 3 is 2.81 bits per heavy atom. The number of nitrogens with zero attached hydrogens (tertiary/aromatic N) is 3. The van der Waals surface area contributed by atoms with E-state index in [4.69, 9.17) is 4.74 Å². The van der Waals surface area contributed by atoms with E-state index in [1.807, 2.05) is 22.8 Å². The molecule has 1 atom stereocenters. The van der Waals surface area contributed by atoms with Crippen molar-refractivity contribution in [2.75, 3.05) is 49.2 Å². The van der Waals surface area contributed by atoms with Crippen LogP contribution < -0.4 is 9.80 Å². The normalized spacial score (nSPS) is 23.2. The first kappa shape index (κ1) is 14.3. The highest BCUT2D eigenvalue weighted by molar-refractivity contribution is 5.96. The zero-order valence-corrected chi connectivity index (χ0v) is 12.1. The number of ether oxygens (including phenoxy) is 1. The molecule has 1 unspecified atom stereocenters. The lowest BCUT2D eigenvalue weighted by Crippen LogP contribution is -2.42. The van der Waals surface area contributed by atoms with Crippen LogP contribution in [0.1, 0.15) is 6.92 Å². The Kier molecular flexibility index (Phi) is 4.07. The van der Waals surface area contributed by atoms with E-state index in [-0.39, 0.29) is 5.82 Å². The van der Waals surface area contributed by atoms with Crippen LogP contribution in [0.2, 0.25) is 0 Å². The van der Waals surface area contributed by atoms with E-state index in [0.29, 0.717) is 45.1 Å². The summed E-state index contributed by atoms with van der Waals surface area (Å²) in [6, 6.07) is 5.19. The topological polar surface area (TPSA) is 48.3 Å². The van der Waals surface area contributed by atoms with Crippen LogP contribution in [0.3, 0.4) is 0 Å². The second kappa shape index (κ2) is 5.99. The molecule has 114 valence electrons. The number of aliphatic hydroxyl groups is 1. The first-order valence-electron chi connectivity index (χ1n) is 7.24. The predicted octanol–water partition coefficient (Wildman–Crippen LogP) is 1.26. The molecule has 0 spiro atoms. The molecule has 6 heteroatoms. The van der Waals surface area contributed by atoms with Crippen LogP contribution >= 0.6 is 0 Å². The molecule has 0 amide bonds. The highest BCUT2D eigenvalue weighted by Gasteiger charge is 2.21. The number of aliphatic imine (C=N–C) groups is 1. The summed E-state index contributed by atoms with van der Waals surface area (Å²) >= 11 is 0. The van der Waals surface area contributed by atoms with E-state index in [9.17, 15) is 9.50 Å². The molecule has 1 N–H and O–H groups in total. The number of anilines is 2. The number of halogens is 1. The quantitative estimate of drug-likeness (QED) is 0.892. The molecule has 0 aliphatic carbocycles. The molecule has 21 heavy (non-hydrogen) atoms. The zero-order valence-electron chi connectivity index (χ0n) is 12.1. The van der Waals surface area contributed by atoms with Gasteiger partial charge < -0.3 is 19.6 Å². The van der Waals surface area contributed by atoms with Gasteiger partial charge in [-0.05, 0) is 25.1 Å². The van der Waals surface area contributed by atoms with Crippen LogP contribution in [0.25, 0.3) is 0 Å². The highest BCUT2D eigenvalue weighted by atomic mass is 19.1. The molecule has 1 aromatic carbocycles. The number of rotatable bonds is 2. The van der Waals surface area contributed by atoms with Gasteiger partial charge in [-0.3, -0.25) is 4.99 Å². The standard InChI is InChI=1S/C15H20FN3O2/c1-11-17-9-13(20)10-19(11)12-2-3-15(14(16)8-12)18-4-6-21-7-5-18/h2-3,8,13,20H,4-7,9-10H2,1H3. The SMILES string of the molecule is CC1=NCC(O)CN1c1ccc(N2CCOCC2)c(F)c1. The molecular weight excluding hydrogens is 273 g/mol. The lowest BCUT2D eigenvalue weighted by Gasteiger charge is -2.32. The largest absolute Gasteiger partial charge is 0.389 e. The van der Waals surface area contributed by atoms with Crippen molar-refractivity contribution in [3.63, 3.8) is 0 Å². The van der Waals surface area contributed by atoms with Crippen molar-refractivity contribution < 1.29 is 14.2 Å². The summed E-state index contributed by atoms with van der Waals surface area (Å²) in [6.07, 6.45) is -0.504. The number of morpholine rings is 1. The molecular formula is C15H20FN3O2. The summed E-state index contributed by atoms with van der Waals surface area (Å²) in [7, 11) is 0. The monoisotopic (exact) mass is 293 g/mol. The fourth-order valence-electron chi connectivity index (χ4n) is 2.74. The smallest absolute Gasteiger partial charge is 0.148 e. The van der Waals surface area contributed by atoms with Gasteiger partial charge >= 0.3 is 0 Å². The van der Waals surface area contributed by atoms with Gasteiger partial charge in [0.25, 0.3) is 0 Å². The highest BCUT2D eigenvalue weighted by Crippen LogP contribution is 2.27. The molecule has 1 saturated heterocycles. The third kappa shape index (κ3) is 3.01. The summed E-state index contributed by atoms with van der Waals surface area (Å²) in [6.45, 7) is 5.41. The van der Waals surface area contributed by atoms with Crippen LogP contribution in [0.4, 0.5) is 15.8 Å². The number of amidine groups is 1. The van der Waals surface area contributed by atoms with E-state index < -0.39 is 6.10 Å². The van der Waals surface area contributed by atoms with Gasteiger partial charge in [0.15, 0.2) is 0 Å². The summed E-state index contributed by atoms with van der Waals surface area (Å²) in [5, 5.41) is 9.72. The van der Waals surface area contributed by atoms with Crippen molar-refractivity contribution in [3.8, 4) is 0 Å². The minimum Gasteiger partial charge on any atom is -0.389 e. The lowest BCUT2D eigenvalue weighted by atomic mass is 10.2. The number of β-amino-alcohol motifs (C(OH)–C–C–N with tert-alkyl or cyclic N) is 1. The Morgan fingerprint density at radius 2 is 2.10 bits per heavy atom. The van der Waals surface area contributed by atoms with Gasteiger partial charge in [0.2, 0.25) is 0 Å². The van der Waals surface area contributed by atoms with Gasteiger partial charge in [-0.25, -0.2) is 4.39 Å². The molecule has 1 aromatic rings. The van der Waals surface area contributed by atoms with Crippen molar-refractivity contribution in [2.24, 2.45) is 4.99 Å². The van der Waals surface area contributed by atoms with Gasteiger partial charge in [0.1, 0.15) is 11.7 Å². The van der Waals surface area contributed by atoms with E-state index in [1.54, 1.807) is 6.07 Å². The summed E-state index contributed by atoms with van der Waals surface area (Å²) in [4.78, 5) is 8.10. The summed E-state index contributed by atoms with van der Waals surface area (Å²) in [5.41, 5.74) is 1.33. The first-order chi connectivity index (χ1) is 10.1. The average molecular weight is 293 g/mol. The van der Waals surface area contributed by atoms with Crippen LogP contribution in [0, 0.1) is 5.82 Å². The minimum absolute atomic E-state index is 0.248. The first-order valence-corrected chi connectivity index (χ1v) is 7.24. The predicted molar refractivity (Wildman–Crippen MR) is 80.8 cm³/mol. The second-order valence-corrected chi connectivity index (χ2v) is 5.39. The van der Waals surface area contributed by atoms with Crippen LogP contribution in [0.5, 0.6) is 0 Å². The van der Waals surface area contributed by atoms with Crippen molar-refractivity contribution >= 4 is 17.2 Å². The van der Waals surface area contributed by atoms with Gasteiger partial charge in [-0.1, -0.05) is 0 Å². The molecule has 5 nitrogen and oxygen atoms in total. The number of hydrogen-bond acceptors (Lipinski definition) is 5. The fraction of sp³-hybridized carbons (Fsp3) is 0.533. The van der Waals surface area contributed by atoms with Crippen molar-refractivity contribution in [2.45, 2.75) is 13.0 Å². The Morgan fingerprint density at radius 1 is 1.33 bits per heavy atom. The Hall–Kier alpha value is -1.66. The fourth-order valence-corrected chi connectivity index (χ4v) is 2.74. The van der Waals surface area contributed by atoms with Crippen LogP contribution in [-0.2, 0) is 4.74 Å². The van der Waals surface area contributed by atoms with E-state index >= 15 is 0 Å². The molecule has 2 aliphatic heterocycles. The Labute approximate surface area is 123 Å². The Balaban J connectivity index is 1.83. The van der Waals surface area contributed by atoms with Crippen LogP contribution in [0.15, 0.2) is 23.2 Å². The van der Waals surface area contributed by atoms with Gasteiger partial charge in [-0.15, -0.1) is 0 Å². The van der Waals surface area contributed by atoms with Gasteiger partial charge in [0, 0.05) is 18.8 Å². The molecule has 2 heterocycles. The van der Waals surface area contributed by atoms with Crippen molar-refractivity contribution in [3.05, 3.63) is 24.0 Å². The van der Waals surface area contributed by atoms with Gasteiger partial charge in [0.05, 0.1) is 38.1 Å². The number of hydrogen-bond donors (Lipinski definition) is 1. The maximum Gasteiger partial charge on any atom is 0.148 e. The molecule has 1 fully saturated rings. The van der Waals surface area contributed by atoms with Crippen molar-refractivity contribution in [1.29, 1.82) is 0 Å². The molecule has 3 rings (SSSR count). The van der Waals surface area contributed by atoms with Gasteiger partial charge in [-0.2, -0.15) is 0 Å². The molecule has 0 saturated carbocycles. The second-order valence-electron chi connectivity index (χ2n) is 5.39. The third-order valence-corrected chi connectivity index (χ3v) is 3.91. The van der Waals surface area contributed by atoms with E-state index in [0.717, 1.165) is 11.5 Å². The molecule has 0 bridgehead atoms. The maximum atomic E-state index is 14.4. The van der Waals surface area contributed by atoms with Crippen molar-refractivity contribution in [1.82, 2.24) is 0 Å². The number of aliphatic hydroxyl groups excluding tert-OH is 1. The molecule has 0 radical (unpaired) electrons. The number of benzene rings is 1. The minimum atomic E-state index is -0.504. The van der Waals surface area contributed by atoms with E-state index in [1.165, 1.54) is 6.07 Å². The van der Waals surface area contributed by atoms with Crippen LogP contribution in [-0.4, -0.2) is 56.4 Å². The summed E-state index contributed by atoms with van der Waals surface area (Å²) in [5.74, 6) is 0.557. The molecule has 2 aliphatic rings. The lowest BCUT2D eigenvalue weighted by molar-refractivity contribution is 0.122. The molecule has 0 aromatic heterocycles.